The zero-order valence-corrected chi connectivity index (χ0v) is 15.2. The van der Waals surface area contributed by atoms with E-state index < -0.39 is 5.91 Å². The maximum Gasteiger partial charge on any atom is 0.266 e. The second-order valence-electron chi connectivity index (χ2n) is 5.48. The summed E-state index contributed by atoms with van der Waals surface area (Å²) in [5, 5.41) is 3.45. The van der Waals surface area contributed by atoms with Gasteiger partial charge >= 0.3 is 0 Å². The summed E-state index contributed by atoms with van der Waals surface area (Å²) in [6.07, 6.45) is 2.85. The van der Waals surface area contributed by atoms with Crippen molar-refractivity contribution in [3.63, 3.8) is 0 Å². The van der Waals surface area contributed by atoms with Crippen molar-refractivity contribution in [2.45, 2.75) is 26.2 Å². The summed E-state index contributed by atoms with van der Waals surface area (Å²) < 4.78 is 0.895. The summed E-state index contributed by atoms with van der Waals surface area (Å²) >= 11 is 6.19. The topological polar surface area (TPSA) is 72.2 Å². The number of halogens is 1. The number of primary amides is 1. The Morgan fingerprint density at radius 3 is 2.77 bits per heavy atom. The number of rotatable bonds is 3. The highest BCUT2D eigenvalue weighted by Crippen LogP contribution is 2.39. The molecular weight excluding hydrogens is 384 g/mol. The first kappa shape index (κ1) is 15.7. The molecule has 2 aromatic heterocycles. The molecule has 116 valence electrons. The Kier molecular flexibility index (Phi) is 4.38. The van der Waals surface area contributed by atoms with E-state index in [-0.39, 0.29) is 5.91 Å². The van der Waals surface area contributed by atoms with Crippen LogP contribution in [0.4, 0.5) is 5.00 Å². The number of carbonyl (C=O) groups is 2. The molecule has 2 heterocycles. The van der Waals surface area contributed by atoms with Crippen molar-refractivity contribution in [2.24, 2.45) is 11.7 Å². The quantitative estimate of drug-likeness (QED) is 0.818. The summed E-state index contributed by atoms with van der Waals surface area (Å²) in [4.78, 5) is 25.9. The van der Waals surface area contributed by atoms with Crippen molar-refractivity contribution in [3.8, 4) is 0 Å². The lowest BCUT2D eigenvalue weighted by atomic mass is 9.88. The molecule has 1 aliphatic carbocycles. The standard InChI is InChI=1S/C15H15BrN2O2S2/c1-7-2-3-8-10(6-7)22-15(12(8)13(17)19)18-14(20)9-4-5-11(16)21-9/h4-5,7H,2-3,6H2,1H3,(H2,17,19)(H,18,20)/t7-/m0/s1. The summed E-state index contributed by atoms with van der Waals surface area (Å²) in [5.74, 6) is -0.0664. The van der Waals surface area contributed by atoms with Gasteiger partial charge in [-0.05, 0) is 58.8 Å². The van der Waals surface area contributed by atoms with E-state index in [1.54, 1.807) is 6.07 Å². The van der Waals surface area contributed by atoms with Crippen LogP contribution in [0.25, 0.3) is 0 Å². The fourth-order valence-corrected chi connectivity index (χ4v) is 5.39. The molecule has 0 fully saturated rings. The third-order valence-electron chi connectivity index (χ3n) is 3.78. The molecule has 1 aliphatic rings. The van der Waals surface area contributed by atoms with Gasteiger partial charge in [0, 0.05) is 4.88 Å². The summed E-state index contributed by atoms with van der Waals surface area (Å²) in [7, 11) is 0. The van der Waals surface area contributed by atoms with Crippen molar-refractivity contribution < 1.29 is 9.59 Å². The molecule has 3 N–H and O–H groups in total. The van der Waals surface area contributed by atoms with Crippen LogP contribution in [0.3, 0.4) is 0 Å². The Labute approximate surface area is 144 Å². The fraction of sp³-hybridized carbons (Fsp3) is 0.333. The highest BCUT2D eigenvalue weighted by atomic mass is 79.9. The number of amides is 2. The van der Waals surface area contributed by atoms with Gasteiger partial charge in [0.2, 0.25) is 0 Å². The van der Waals surface area contributed by atoms with E-state index >= 15 is 0 Å². The summed E-state index contributed by atoms with van der Waals surface area (Å²) in [6, 6.07) is 3.58. The molecule has 2 aromatic rings. The molecule has 0 spiro atoms. The molecule has 0 unspecified atom stereocenters. The van der Waals surface area contributed by atoms with Gasteiger partial charge in [0.1, 0.15) is 5.00 Å². The maximum atomic E-state index is 12.3. The number of carbonyl (C=O) groups excluding carboxylic acids is 2. The number of anilines is 1. The number of hydrogen-bond donors (Lipinski definition) is 2. The van der Waals surface area contributed by atoms with Crippen molar-refractivity contribution in [1.82, 2.24) is 0 Å². The van der Waals surface area contributed by atoms with Gasteiger partial charge in [-0.15, -0.1) is 22.7 Å². The lowest BCUT2D eigenvalue weighted by molar-refractivity contribution is 0.1000. The molecule has 1 atom stereocenters. The number of hydrogen-bond acceptors (Lipinski definition) is 4. The van der Waals surface area contributed by atoms with E-state index in [1.807, 2.05) is 6.07 Å². The first-order valence-corrected chi connectivity index (χ1v) is 9.39. The Hall–Kier alpha value is -1.18. The second kappa shape index (κ2) is 6.14. The smallest absolute Gasteiger partial charge is 0.266 e. The molecule has 0 aromatic carbocycles. The van der Waals surface area contributed by atoms with Crippen molar-refractivity contribution in [3.05, 3.63) is 36.8 Å². The van der Waals surface area contributed by atoms with E-state index in [1.165, 1.54) is 27.6 Å². The molecule has 0 saturated heterocycles. The molecule has 2 amide bonds. The van der Waals surface area contributed by atoms with Gasteiger partial charge in [0.15, 0.2) is 0 Å². The maximum absolute atomic E-state index is 12.3. The highest BCUT2D eigenvalue weighted by molar-refractivity contribution is 9.11. The van der Waals surface area contributed by atoms with Gasteiger partial charge in [0.05, 0.1) is 14.2 Å². The average molecular weight is 399 g/mol. The normalized spacial score (nSPS) is 17.1. The third kappa shape index (κ3) is 2.98. The van der Waals surface area contributed by atoms with Gasteiger partial charge in [-0.25, -0.2) is 0 Å². The van der Waals surface area contributed by atoms with Crippen molar-refractivity contribution in [2.75, 3.05) is 5.32 Å². The molecule has 4 nitrogen and oxygen atoms in total. The fourth-order valence-electron chi connectivity index (χ4n) is 2.70. The Morgan fingerprint density at radius 1 is 1.36 bits per heavy atom. The Morgan fingerprint density at radius 2 is 2.14 bits per heavy atom. The molecule has 7 heteroatoms. The predicted octanol–water partition coefficient (Wildman–Crippen LogP) is 4.05. The largest absolute Gasteiger partial charge is 0.365 e. The van der Waals surface area contributed by atoms with Gasteiger partial charge in [-0.2, -0.15) is 0 Å². The van der Waals surface area contributed by atoms with Gasteiger partial charge in [0.25, 0.3) is 11.8 Å². The highest BCUT2D eigenvalue weighted by Gasteiger charge is 2.27. The van der Waals surface area contributed by atoms with E-state index in [0.29, 0.717) is 21.4 Å². The molecular formula is C15H15BrN2O2S2. The zero-order valence-electron chi connectivity index (χ0n) is 11.9. The van der Waals surface area contributed by atoms with Crippen LogP contribution in [-0.2, 0) is 12.8 Å². The van der Waals surface area contributed by atoms with E-state index in [4.69, 9.17) is 5.73 Å². The minimum atomic E-state index is -0.463. The number of fused-ring (bicyclic) bond motifs is 1. The molecule has 22 heavy (non-hydrogen) atoms. The SMILES string of the molecule is C[C@H]1CCc2c(sc(NC(=O)c3ccc(Br)s3)c2C(N)=O)C1. The minimum Gasteiger partial charge on any atom is -0.365 e. The monoisotopic (exact) mass is 398 g/mol. The van der Waals surface area contributed by atoms with Crippen LogP contribution in [0.2, 0.25) is 0 Å². The van der Waals surface area contributed by atoms with Crippen LogP contribution in [0.1, 0.15) is 43.8 Å². The van der Waals surface area contributed by atoms with Gasteiger partial charge < -0.3 is 11.1 Å². The Bertz CT molecular complexity index is 751. The van der Waals surface area contributed by atoms with E-state index in [0.717, 1.165) is 28.6 Å². The molecule has 0 aliphatic heterocycles. The first-order valence-electron chi connectivity index (χ1n) is 6.96. The lowest BCUT2D eigenvalue weighted by Crippen LogP contribution is -2.19. The summed E-state index contributed by atoms with van der Waals surface area (Å²) in [6.45, 7) is 2.20. The van der Waals surface area contributed by atoms with E-state index in [9.17, 15) is 9.59 Å². The lowest BCUT2D eigenvalue weighted by Gasteiger charge is -2.18. The molecule has 0 saturated carbocycles. The predicted molar refractivity (Wildman–Crippen MR) is 94.0 cm³/mol. The second-order valence-corrected chi connectivity index (χ2v) is 9.05. The van der Waals surface area contributed by atoms with Gasteiger partial charge in [-0.1, -0.05) is 6.92 Å². The van der Waals surface area contributed by atoms with Crippen LogP contribution in [0.5, 0.6) is 0 Å². The third-order valence-corrected chi connectivity index (χ3v) is 6.57. The van der Waals surface area contributed by atoms with Crippen LogP contribution in [0, 0.1) is 5.92 Å². The van der Waals surface area contributed by atoms with Crippen LogP contribution in [-0.4, -0.2) is 11.8 Å². The molecule has 0 radical (unpaired) electrons. The zero-order chi connectivity index (χ0) is 15.9. The number of nitrogens with one attached hydrogen (secondary N) is 1. The average Bonchev–Trinajstić information content (AvgIpc) is 3.01. The minimum absolute atomic E-state index is 0.204. The van der Waals surface area contributed by atoms with Crippen molar-refractivity contribution >= 4 is 55.4 Å². The molecule has 0 bridgehead atoms. The summed E-state index contributed by atoms with van der Waals surface area (Å²) in [5.41, 5.74) is 7.07. The number of thiophene rings is 2. The van der Waals surface area contributed by atoms with E-state index in [2.05, 4.69) is 28.2 Å². The van der Waals surface area contributed by atoms with Crippen LogP contribution < -0.4 is 11.1 Å². The number of nitrogens with two attached hydrogens (primary N) is 1. The van der Waals surface area contributed by atoms with Crippen molar-refractivity contribution in [1.29, 1.82) is 0 Å². The van der Waals surface area contributed by atoms with Gasteiger partial charge in [-0.3, -0.25) is 9.59 Å². The van der Waals surface area contributed by atoms with Crippen LogP contribution in [0.15, 0.2) is 15.9 Å². The first-order chi connectivity index (χ1) is 10.5. The Balaban J connectivity index is 1.93. The van der Waals surface area contributed by atoms with Crippen LogP contribution >= 0.6 is 38.6 Å². The molecule has 3 rings (SSSR count).